The standard InChI is InChI=1S/C25H24N2O3/c1-17-8-11-21(26)14-24(17)18(2)30-16-19-9-12-22(13-10-19)27(3)25(29)23-7-5-4-6-20(23)15-28/h4-15H,2,16,26H2,1,3H3. The van der Waals surface area contributed by atoms with Crippen LogP contribution in [0, 0.1) is 6.92 Å². The lowest BCUT2D eigenvalue weighted by Crippen LogP contribution is -2.27. The normalized spacial score (nSPS) is 10.3. The van der Waals surface area contributed by atoms with E-state index < -0.39 is 0 Å². The number of carbonyl (C=O) groups excluding carboxylic acids is 2. The van der Waals surface area contributed by atoms with Gasteiger partial charge in [-0.05, 0) is 48.4 Å². The van der Waals surface area contributed by atoms with Crippen LogP contribution in [0.4, 0.5) is 11.4 Å². The average molecular weight is 400 g/mol. The number of nitrogens with zero attached hydrogens (tertiary/aromatic N) is 1. The minimum atomic E-state index is -0.243. The number of hydrogen-bond acceptors (Lipinski definition) is 4. The second kappa shape index (κ2) is 9.09. The number of nitrogen functional groups attached to an aromatic ring is 1. The molecule has 0 aliphatic heterocycles. The van der Waals surface area contributed by atoms with Crippen molar-refractivity contribution in [1.82, 2.24) is 0 Å². The number of aryl methyl sites for hydroxylation is 1. The maximum Gasteiger partial charge on any atom is 0.258 e. The summed E-state index contributed by atoms with van der Waals surface area (Å²) in [5.41, 5.74) is 10.8. The number of nitrogens with two attached hydrogens (primary N) is 1. The maximum absolute atomic E-state index is 12.8. The molecule has 0 aromatic heterocycles. The summed E-state index contributed by atoms with van der Waals surface area (Å²) < 4.78 is 5.83. The fourth-order valence-corrected chi connectivity index (χ4v) is 3.10. The molecule has 3 aromatic carbocycles. The highest BCUT2D eigenvalue weighted by Gasteiger charge is 2.16. The summed E-state index contributed by atoms with van der Waals surface area (Å²) in [5.74, 6) is 0.314. The third kappa shape index (κ3) is 4.58. The van der Waals surface area contributed by atoms with Crippen LogP contribution in [0.3, 0.4) is 0 Å². The first-order valence-electron chi connectivity index (χ1n) is 9.50. The lowest BCUT2D eigenvalue weighted by Gasteiger charge is -2.19. The summed E-state index contributed by atoms with van der Waals surface area (Å²) in [6.45, 7) is 6.33. The molecule has 0 radical (unpaired) electrons. The number of hydrogen-bond donors (Lipinski definition) is 1. The Morgan fingerprint density at radius 2 is 1.77 bits per heavy atom. The molecule has 0 atom stereocenters. The Balaban J connectivity index is 1.67. The van der Waals surface area contributed by atoms with Gasteiger partial charge in [0.05, 0.1) is 5.56 Å². The van der Waals surface area contributed by atoms with Crippen molar-refractivity contribution < 1.29 is 14.3 Å². The quantitative estimate of drug-likeness (QED) is 0.349. The van der Waals surface area contributed by atoms with E-state index in [2.05, 4.69) is 6.58 Å². The summed E-state index contributed by atoms with van der Waals surface area (Å²) in [4.78, 5) is 25.5. The van der Waals surface area contributed by atoms with Gasteiger partial charge in [0.2, 0.25) is 0 Å². The van der Waals surface area contributed by atoms with Crippen LogP contribution in [0.2, 0.25) is 0 Å². The summed E-state index contributed by atoms with van der Waals surface area (Å²) in [5, 5.41) is 0. The van der Waals surface area contributed by atoms with Crippen LogP contribution in [0.1, 0.15) is 37.4 Å². The largest absolute Gasteiger partial charge is 0.489 e. The van der Waals surface area contributed by atoms with Gasteiger partial charge in [-0.2, -0.15) is 0 Å². The molecule has 2 N–H and O–H groups in total. The first-order chi connectivity index (χ1) is 14.4. The van der Waals surface area contributed by atoms with Gasteiger partial charge in [0.1, 0.15) is 12.4 Å². The van der Waals surface area contributed by atoms with E-state index in [1.807, 2.05) is 49.4 Å². The highest BCUT2D eigenvalue weighted by atomic mass is 16.5. The van der Waals surface area contributed by atoms with Gasteiger partial charge in [0, 0.05) is 29.5 Å². The Bertz CT molecular complexity index is 1090. The van der Waals surface area contributed by atoms with Gasteiger partial charge >= 0.3 is 0 Å². The van der Waals surface area contributed by atoms with Crippen LogP contribution in [-0.2, 0) is 11.3 Å². The van der Waals surface area contributed by atoms with Crippen LogP contribution in [0.15, 0.2) is 73.3 Å². The Labute approximate surface area is 176 Å². The summed E-state index contributed by atoms with van der Waals surface area (Å²) >= 11 is 0. The van der Waals surface area contributed by atoms with E-state index in [1.165, 1.54) is 4.90 Å². The van der Waals surface area contributed by atoms with Crippen molar-refractivity contribution in [3.05, 3.63) is 101 Å². The predicted octanol–water partition coefficient (Wildman–Crippen LogP) is 4.85. The first kappa shape index (κ1) is 20.9. The molecule has 0 spiro atoms. The highest BCUT2D eigenvalue weighted by Crippen LogP contribution is 2.23. The van der Waals surface area contributed by atoms with Gasteiger partial charge < -0.3 is 15.4 Å². The van der Waals surface area contributed by atoms with Gasteiger partial charge in [-0.15, -0.1) is 0 Å². The van der Waals surface area contributed by atoms with E-state index in [4.69, 9.17) is 10.5 Å². The average Bonchev–Trinajstić information content (AvgIpc) is 2.78. The molecule has 0 saturated carbocycles. The Kier molecular flexibility index (Phi) is 6.32. The predicted molar refractivity (Wildman–Crippen MR) is 120 cm³/mol. The minimum absolute atomic E-state index is 0.243. The summed E-state index contributed by atoms with van der Waals surface area (Å²) in [7, 11) is 1.68. The van der Waals surface area contributed by atoms with Gasteiger partial charge in [-0.25, -0.2) is 0 Å². The number of aldehydes is 1. The van der Waals surface area contributed by atoms with Crippen LogP contribution in [0.5, 0.6) is 0 Å². The van der Waals surface area contributed by atoms with Crippen molar-refractivity contribution in [2.24, 2.45) is 0 Å². The molecule has 0 aliphatic rings. The van der Waals surface area contributed by atoms with Gasteiger partial charge in [0.15, 0.2) is 6.29 Å². The number of ether oxygens (including phenoxy) is 1. The molecule has 5 heteroatoms. The lowest BCUT2D eigenvalue weighted by molar-refractivity contribution is 0.0986. The van der Waals surface area contributed by atoms with Crippen molar-refractivity contribution in [2.75, 3.05) is 17.7 Å². The monoisotopic (exact) mass is 400 g/mol. The lowest BCUT2D eigenvalue weighted by atomic mass is 10.1. The van der Waals surface area contributed by atoms with Crippen LogP contribution in [0.25, 0.3) is 5.76 Å². The molecule has 152 valence electrons. The molecule has 30 heavy (non-hydrogen) atoms. The van der Waals surface area contributed by atoms with Gasteiger partial charge in [0.25, 0.3) is 5.91 Å². The van der Waals surface area contributed by atoms with Crippen LogP contribution < -0.4 is 10.6 Å². The topological polar surface area (TPSA) is 72.6 Å². The SMILES string of the molecule is C=C(OCc1ccc(N(C)C(=O)c2ccccc2C=O)cc1)c1cc(N)ccc1C. The van der Waals surface area contributed by atoms with Crippen molar-refractivity contribution >= 4 is 29.3 Å². The van der Waals surface area contributed by atoms with E-state index in [0.717, 1.165) is 22.4 Å². The fourth-order valence-electron chi connectivity index (χ4n) is 3.10. The Morgan fingerprint density at radius 3 is 2.47 bits per heavy atom. The van der Waals surface area contributed by atoms with Crippen molar-refractivity contribution in [3.8, 4) is 0 Å². The van der Waals surface area contributed by atoms with Gasteiger partial charge in [-0.3, -0.25) is 9.59 Å². The molecule has 5 nitrogen and oxygen atoms in total. The second-order valence-electron chi connectivity index (χ2n) is 7.02. The maximum atomic E-state index is 12.8. The molecule has 0 fully saturated rings. The third-order valence-electron chi connectivity index (χ3n) is 4.92. The van der Waals surface area contributed by atoms with Crippen LogP contribution in [-0.4, -0.2) is 19.2 Å². The summed E-state index contributed by atoms with van der Waals surface area (Å²) in [6.07, 6.45) is 0.691. The zero-order chi connectivity index (χ0) is 21.7. The molecule has 0 bridgehead atoms. The molecule has 0 unspecified atom stereocenters. The highest BCUT2D eigenvalue weighted by molar-refractivity contribution is 6.09. The third-order valence-corrected chi connectivity index (χ3v) is 4.92. The number of benzene rings is 3. The van der Waals surface area contributed by atoms with E-state index in [1.54, 1.807) is 31.3 Å². The van der Waals surface area contributed by atoms with Crippen molar-refractivity contribution in [1.29, 1.82) is 0 Å². The molecule has 0 aliphatic carbocycles. The molecule has 3 aromatic rings. The molecular formula is C25H24N2O3. The number of anilines is 2. The molecule has 0 saturated heterocycles. The Morgan fingerprint density at radius 1 is 1.07 bits per heavy atom. The zero-order valence-corrected chi connectivity index (χ0v) is 17.1. The smallest absolute Gasteiger partial charge is 0.258 e. The van der Waals surface area contributed by atoms with Gasteiger partial charge in [-0.1, -0.05) is 43.0 Å². The van der Waals surface area contributed by atoms with E-state index in [0.29, 0.717) is 35.5 Å². The number of amides is 1. The van der Waals surface area contributed by atoms with Crippen LogP contribution >= 0.6 is 0 Å². The minimum Gasteiger partial charge on any atom is -0.489 e. The molecule has 3 rings (SSSR count). The van der Waals surface area contributed by atoms with E-state index >= 15 is 0 Å². The number of rotatable bonds is 7. The van der Waals surface area contributed by atoms with Crippen molar-refractivity contribution in [2.45, 2.75) is 13.5 Å². The number of carbonyl (C=O) groups is 2. The summed E-state index contributed by atoms with van der Waals surface area (Å²) in [6, 6.07) is 19.8. The Hall–Kier alpha value is -3.86. The first-order valence-corrected chi connectivity index (χ1v) is 9.50. The van der Waals surface area contributed by atoms with E-state index in [-0.39, 0.29) is 5.91 Å². The van der Waals surface area contributed by atoms with Crippen molar-refractivity contribution in [3.63, 3.8) is 0 Å². The fraction of sp³-hybridized carbons (Fsp3) is 0.120. The zero-order valence-electron chi connectivity index (χ0n) is 17.1. The molecule has 0 heterocycles. The van der Waals surface area contributed by atoms with E-state index in [9.17, 15) is 9.59 Å². The molecule has 1 amide bonds. The second-order valence-corrected chi connectivity index (χ2v) is 7.02. The molecular weight excluding hydrogens is 376 g/mol.